The number of rotatable bonds is 2. The normalized spacial score (nSPS) is 29.3. The van der Waals surface area contributed by atoms with Crippen LogP contribution in [-0.4, -0.2) is 61.0 Å². The molecule has 23 heavy (non-hydrogen) atoms. The van der Waals surface area contributed by atoms with Gasteiger partial charge in [-0.1, -0.05) is 6.07 Å². The average molecular weight is 319 g/mol. The molecule has 2 aliphatic heterocycles. The number of aliphatic hydroxyl groups excluding tert-OH is 1. The number of morpholine rings is 1. The van der Waals surface area contributed by atoms with Gasteiger partial charge in [-0.2, -0.15) is 0 Å². The minimum Gasteiger partial charge on any atom is -0.486 e. The predicted octanol–water partition coefficient (Wildman–Crippen LogP) is 1.07. The van der Waals surface area contributed by atoms with Crippen molar-refractivity contribution in [2.75, 3.05) is 33.0 Å². The van der Waals surface area contributed by atoms with E-state index in [2.05, 4.69) is 0 Å². The number of carbonyl (C=O) groups is 1. The summed E-state index contributed by atoms with van der Waals surface area (Å²) in [4.78, 5) is 15.0. The Balaban J connectivity index is 1.61. The third-order valence-electron chi connectivity index (χ3n) is 4.95. The topological polar surface area (TPSA) is 68.2 Å². The minimum absolute atomic E-state index is 0.0292. The molecule has 6 heteroatoms. The van der Waals surface area contributed by atoms with Crippen molar-refractivity contribution < 1.29 is 24.1 Å². The van der Waals surface area contributed by atoms with Crippen molar-refractivity contribution in [1.29, 1.82) is 0 Å². The van der Waals surface area contributed by atoms with Crippen LogP contribution >= 0.6 is 0 Å². The van der Waals surface area contributed by atoms with E-state index in [0.29, 0.717) is 43.4 Å². The zero-order valence-corrected chi connectivity index (χ0v) is 12.9. The fourth-order valence-corrected chi connectivity index (χ4v) is 3.85. The second-order valence-corrected chi connectivity index (χ2v) is 6.32. The molecule has 4 rings (SSSR count). The number of nitrogens with zero attached hydrogens (tertiary/aromatic N) is 1. The van der Waals surface area contributed by atoms with Gasteiger partial charge in [-0.25, -0.2) is 0 Å². The van der Waals surface area contributed by atoms with Crippen molar-refractivity contribution in [3.63, 3.8) is 0 Å². The summed E-state index contributed by atoms with van der Waals surface area (Å²) in [6.45, 7) is 2.22. The Labute approximate surface area is 134 Å². The maximum Gasteiger partial charge on any atom is 0.258 e. The molecule has 1 aliphatic carbocycles. The molecule has 3 atom stereocenters. The van der Waals surface area contributed by atoms with Crippen molar-refractivity contribution >= 4 is 5.91 Å². The lowest BCUT2D eigenvalue weighted by molar-refractivity contribution is -0.0450. The lowest BCUT2D eigenvalue weighted by Gasteiger charge is -2.38. The van der Waals surface area contributed by atoms with Crippen LogP contribution in [0.1, 0.15) is 23.2 Å². The molecule has 1 unspecified atom stereocenters. The predicted molar refractivity (Wildman–Crippen MR) is 81.8 cm³/mol. The van der Waals surface area contributed by atoms with E-state index in [1.165, 1.54) is 0 Å². The van der Waals surface area contributed by atoms with Gasteiger partial charge in [0.2, 0.25) is 0 Å². The maximum atomic E-state index is 13.1. The van der Waals surface area contributed by atoms with Crippen LogP contribution in [0.2, 0.25) is 0 Å². The SMILES string of the molecule is O=C(c1cccc2c1OCCO2)N1CCOC2C[C@H](CO)C[C@@H]21. The van der Waals surface area contributed by atoms with Crippen LogP contribution in [0.15, 0.2) is 18.2 Å². The first kappa shape index (κ1) is 14.8. The molecule has 124 valence electrons. The van der Waals surface area contributed by atoms with E-state index in [-0.39, 0.29) is 30.6 Å². The molecule has 2 heterocycles. The van der Waals surface area contributed by atoms with Gasteiger partial charge in [0.25, 0.3) is 5.91 Å². The highest BCUT2D eigenvalue weighted by Crippen LogP contribution is 2.38. The van der Waals surface area contributed by atoms with Gasteiger partial charge < -0.3 is 24.2 Å². The number of hydrogen-bond donors (Lipinski definition) is 1. The van der Waals surface area contributed by atoms with Crippen molar-refractivity contribution in [3.05, 3.63) is 23.8 Å². The first-order chi connectivity index (χ1) is 11.3. The lowest BCUT2D eigenvalue weighted by atomic mass is 10.1. The summed E-state index contributed by atoms with van der Waals surface area (Å²) < 4.78 is 17.0. The molecule has 0 aromatic heterocycles. The smallest absolute Gasteiger partial charge is 0.258 e. The molecule has 0 radical (unpaired) electrons. The van der Waals surface area contributed by atoms with E-state index in [0.717, 1.165) is 12.8 Å². The Bertz CT molecular complexity index is 605. The Kier molecular flexibility index (Phi) is 3.87. The summed E-state index contributed by atoms with van der Waals surface area (Å²) >= 11 is 0. The quantitative estimate of drug-likeness (QED) is 0.883. The zero-order chi connectivity index (χ0) is 15.8. The zero-order valence-electron chi connectivity index (χ0n) is 12.9. The summed E-state index contributed by atoms with van der Waals surface area (Å²) in [6, 6.07) is 5.47. The molecular formula is C17H21NO5. The number of benzene rings is 1. The van der Waals surface area contributed by atoms with Gasteiger partial charge in [-0.05, 0) is 30.9 Å². The van der Waals surface area contributed by atoms with Crippen molar-refractivity contribution in [2.24, 2.45) is 5.92 Å². The number of ether oxygens (including phenoxy) is 3. The van der Waals surface area contributed by atoms with E-state index in [4.69, 9.17) is 14.2 Å². The van der Waals surface area contributed by atoms with Crippen LogP contribution in [0, 0.1) is 5.92 Å². The summed E-state index contributed by atoms with van der Waals surface area (Å²) in [5.41, 5.74) is 0.551. The van der Waals surface area contributed by atoms with Crippen LogP contribution in [-0.2, 0) is 4.74 Å². The number of hydrogen-bond acceptors (Lipinski definition) is 5. The minimum atomic E-state index is -0.0377. The van der Waals surface area contributed by atoms with Crippen molar-refractivity contribution in [3.8, 4) is 11.5 Å². The molecule has 6 nitrogen and oxygen atoms in total. The number of carbonyl (C=O) groups excluding carboxylic acids is 1. The average Bonchev–Trinajstić information content (AvgIpc) is 3.04. The molecule has 1 aromatic rings. The van der Waals surface area contributed by atoms with Crippen molar-refractivity contribution in [2.45, 2.75) is 25.0 Å². The molecular weight excluding hydrogens is 298 g/mol. The van der Waals surface area contributed by atoms with E-state index in [1.807, 2.05) is 17.0 Å². The van der Waals surface area contributed by atoms with Crippen LogP contribution in [0.25, 0.3) is 0 Å². The number of amides is 1. The van der Waals surface area contributed by atoms with Gasteiger partial charge in [-0.15, -0.1) is 0 Å². The fraction of sp³-hybridized carbons (Fsp3) is 0.588. The molecule has 1 N–H and O–H groups in total. The summed E-state index contributed by atoms with van der Waals surface area (Å²) in [7, 11) is 0. The highest BCUT2D eigenvalue weighted by atomic mass is 16.6. The van der Waals surface area contributed by atoms with E-state index >= 15 is 0 Å². The van der Waals surface area contributed by atoms with Gasteiger partial charge >= 0.3 is 0 Å². The summed E-state index contributed by atoms with van der Waals surface area (Å²) in [5.74, 6) is 1.35. The highest BCUT2D eigenvalue weighted by molar-refractivity contribution is 5.98. The fourth-order valence-electron chi connectivity index (χ4n) is 3.85. The van der Waals surface area contributed by atoms with E-state index in [1.54, 1.807) is 6.07 Å². The third-order valence-corrected chi connectivity index (χ3v) is 4.95. The maximum absolute atomic E-state index is 13.1. The van der Waals surface area contributed by atoms with E-state index < -0.39 is 0 Å². The van der Waals surface area contributed by atoms with E-state index in [9.17, 15) is 9.90 Å². The Hall–Kier alpha value is -1.79. The molecule has 2 fully saturated rings. The molecule has 0 bridgehead atoms. The van der Waals surface area contributed by atoms with Crippen LogP contribution in [0.3, 0.4) is 0 Å². The van der Waals surface area contributed by atoms with Crippen LogP contribution in [0.4, 0.5) is 0 Å². The van der Waals surface area contributed by atoms with Crippen LogP contribution in [0.5, 0.6) is 11.5 Å². The Morgan fingerprint density at radius 3 is 2.96 bits per heavy atom. The third kappa shape index (κ3) is 2.56. The molecule has 3 aliphatic rings. The number of fused-ring (bicyclic) bond motifs is 2. The van der Waals surface area contributed by atoms with Crippen molar-refractivity contribution in [1.82, 2.24) is 4.90 Å². The van der Waals surface area contributed by atoms with Gasteiger partial charge in [0.05, 0.1) is 24.3 Å². The van der Waals surface area contributed by atoms with Gasteiger partial charge in [0.15, 0.2) is 11.5 Å². The van der Waals surface area contributed by atoms with Gasteiger partial charge in [0.1, 0.15) is 13.2 Å². The Morgan fingerprint density at radius 2 is 2.09 bits per heavy atom. The molecule has 1 amide bonds. The first-order valence-corrected chi connectivity index (χ1v) is 8.20. The van der Waals surface area contributed by atoms with Crippen LogP contribution < -0.4 is 9.47 Å². The van der Waals surface area contributed by atoms with Gasteiger partial charge in [-0.3, -0.25) is 4.79 Å². The summed E-state index contributed by atoms with van der Waals surface area (Å²) in [5, 5.41) is 9.42. The number of aliphatic hydroxyl groups is 1. The lowest BCUT2D eigenvalue weighted by Crippen LogP contribution is -2.51. The largest absolute Gasteiger partial charge is 0.486 e. The molecule has 1 saturated heterocycles. The highest BCUT2D eigenvalue weighted by Gasteiger charge is 2.43. The molecule has 0 spiro atoms. The monoisotopic (exact) mass is 319 g/mol. The molecule has 1 saturated carbocycles. The second kappa shape index (κ2) is 6.02. The standard InChI is InChI=1S/C17H21NO5/c19-10-11-8-13-15(9-11)21-5-4-18(13)17(20)12-2-1-3-14-16(12)23-7-6-22-14/h1-3,11,13,15,19H,4-10H2/t11-,13+,15?/m1/s1. The molecule has 1 aromatic carbocycles. The first-order valence-electron chi connectivity index (χ1n) is 8.20. The Morgan fingerprint density at radius 1 is 1.22 bits per heavy atom. The number of para-hydroxylation sites is 1. The van der Waals surface area contributed by atoms with Gasteiger partial charge in [0, 0.05) is 13.2 Å². The second-order valence-electron chi connectivity index (χ2n) is 6.32. The summed E-state index contributed by atoms with van der Waals surface area (Å²) in [6.07, 6.45) is 1.64.